The number of methoxy groups -OCH3 is 1. The number of ether oxygens (including phenoxy) is 1. The smallest absolute Gasteiger partial charge is 0.310 e. The van der Waals surface area contributed by atoms with Gasteiger partial charge >= 0.3 is 5.97 Å². The fraction of sp³-hybridized carbons (Fsp3) is 0.562. The van der Waals surface area contributed by atoms with Crippen LogP contribution in [-0.4, -0.2) is 43.2 Å². The van der Waals surface area contributed by atoms with Crippen molar-refractivity contribution in [3.63, 3.8) is 0 Å². The number of likely N-dealkylation sites (tertiary alicyclic amines) is 1. The van der Waals surface area contributed by atoms with Crippen LogP contribution in [0.4, 0.5) is 8.78 Å². The van der Waals surface area contributed by atoms with Crippen LogP contribution in [-0.2, 0) is 9.53 Å². The fourth-order valence-electron chi connectivity index (χ4n) is 2.93. The standard InChI is InChI=1S/C16H22F2N2O2/c1-16(2,9-19)20-7-12(13(8-20)15(21)22-3)11-5-4-10(17)6-14(11)18/h4-6,12-13H,7-9,19H2,1-3H3/t12-,13+/m0/s1. The number of halogens is 2. The molecule has 1 heterocycles. The Bertz CT molecular complexity index is 563. The molecule has 1 aliphatic rings. The van der Waals surface area contributed by atoms with E-state index < -0.39 is 17.6 Å². The average Bonchev–Trinajstić information content (AvgIpc) is 2.92. The van der Waals surface area contributed by atoms with E-state index in [0.717, 1.165) is 6.07 Å². The van der Waals surface area contributed by atoms with Gasteiger partial charge in [0.25, 0.3) is 0 Å². The third-order valence-electron chi connectivity index (χ3n) is 4.54. The molecule has 0 bridgehead atoms. The van der Waals surface area contributed by atoms with Gasteiger partial charge in [-0.15, -0.1) is 0 Å². The summed E-state index contributed by atoms with van der Waals surface area (Å²) >= 11 is 0. The second-order valence-corrected chi connectivity index (χ2v) is 6.32. The number of hydrogen-bond donors (Lipinski definition) is 1. The van der Waals surface area contributed by atoms with Crippen LogP contribution in [0.15, 0.2) is 18.2 Å². The molecule has 0 radical (unpaired) electrons. The minimum absolute atomic E-state index is 0.308. The van der Waals surface area contributed by atoms with Crippen LogP contribution in [0.2, 0.25) is 0 Å². The second-order valence-electron chi connectivity index (χ2n) is 6.32. The number of rotatable bonds is 4. The molecule has 0 aromatic heterocycles. The minimum atomic E-state index is -0.633. The maximum absolute atomic E-state index is 14.1. The molecule has 2 rings (SSSR count). The number of carbonyl (C=O) groups is 1. The molecular weight excluding hydrogens is 290 g/mol. The van der Waals surface area contributed by atoms with Gasteiger partial charge in [0, 0.05) is 37.2 Å². The van der Waals surface area contributed by atoms with E-state index >= 15 is 0 Å². The zero-order valence-electron chi connectivity index (χ0n) is 13.1. The predicted octanol–water partition coefficient (Wildman–Crippen LogP) is 1.89. The topological polar surface area (TPSA) is 55.6 Å². The number of nitrogens with two attached hydrogens (primary N) is 1. The molecule has 0 amide bonds. The molecule has 0 aliphatic carbocycles. The Morgan fingerprint density at radius 3 is 2.64 bits per heavy atom. The van der Waals surface area contributed by atoms with Crippen LogP contribution in [0.5, 0.6) is 0 Å². The molecule has 1 saturated heterocycles. The first-order valence-corrected chi connectivity index (χ1v) is 7.28. The van der Waals surface area contributed by atoms with Crippen LogP contribution in [0.25, 0.3) is 0 Å². The molecule has 122 valence electrons. The molecule has 2 atom stereocenters. The van der Waals surface area contributed by atoms with Crippen molar-refractivity contribution in [1.82, 2.24) is 4.90 Å². The van der Waals surface area contributed by atoms with Crippen LogP contribution >= 0.6 is 0 Å². The first-order valence-electron chi connectivity index (χ1n) is 7.28. The van der Waals surface area contributed by atoms with E-state index in [1.165, 1.54) is 19.2 Å². The lowest BCUT2D eigenvalue weighted by Crippen LogP contribution is -2.48. The van der Waals surface area contributed by atoms with Crippen LogP contribution in [0.1, 0.15) is 25.3 Å². The second kappa shape index (κ2) is 6.30. The van der Waals surface area contributed by atoms with Crippen LogP contribution in [0, 0.1) is 17.6 Å². The van der Waals surface area contributed by atoms with E-state index in [9.17, 15) is 13.6 Å². The Morgan fingerprint density at radius 2 is 2.09 bits per heavy atom. The molecule has 1 aromatic rings. The van der Waals surface area contributed by atoms with Gasteiger partial charge in [0.1, 0.15) is 11.6 Å². The van der Waals surface area contributed by atoms with E-state index in [4.69, 9.17) is 10.5 Å². The summed E-state index contributed by atoms with van der Waals surface area (Å²) in [5, 5.41) is 0. The molecule has 0 saturated carbocycles. The van der Waals surface area contributed by atoms with Crippen molar-refractivity contribution in [3.05, 3.63) is 35.4 Å². The third kappa shape index (κ3) is 3.13. The Labute approximate surface area is 129 Å². The molecule has 6 heteroatoms. The van der Waals surface area contributed by atoms with Gasteiger partial charge in [-0.3, -0.25) is 9.69 Å². The summed E-state index contributed by atoms with van der Waals surface area (Å²) in [5.41, 5.74) is 5.82. The molecule has 0 unspecified atom stereocenters. The third-order valence-corrected chi connectivity index (χ3v) is 4.54. The van der Waals surface area contributed by atoms with Crippen molar-refractivity contribution in [2.45, 2.75) is 25.3 Å². The van der Waals surface area contributed by atoms with Crippen molar-refractivity contribution in [2.75, 3.05) is 26.7 Å². The molecule has 1 fully saturated rings. The molecule has 4 nitrogen and oxygen atoms in total. The summed E-state index contributed by atoms with van der Waals surface area (Å²) in [7, 11) is 1.32. The normalized spacial score (nSPS) is 22.8. The summed E-state index contributed by atoms with van der Waals surface area (Å²) in [6.45, 7) is 5.29. The van der Waals surface area contributed by atoms with Crippen molar-refractivity contribution >= 4 is 5.97 Å². The maximum Gasteiger partial charge on any atom is 0.310 e. The number of esters is 1. The number of carbonyl (C=O) groups excluding carboxylic acids is 1. The lowest BCUT2D eigenvalue weighted by atomic mass is 9.88. The number of hydrogen-bond acceptors (Lipinski definition) is 4. The first-order chi connectivity index (χ1) is 10.3. The summed E-state index contributed by atoms with van der Waals surface area (Å²) in [6.07, 6.45) is 0. The lowest BCUT2D eigenvalue weighted by molar-refractivity contribution is -0.145. The summed E-state index contributed by atoms with van der Waals surface area (Å²) in [6, 6.07) is 3.47. The summed E-state index contributed by atoms with van der Waals surface area (Å²) < 4.78 is 32.1. The molecule has 1 aromatic carbocycles. The van der Waals surface area contributed by atoms with Gasteiger partial charge in [-0.1, -0.05) is 6.07 Å². The monoisotopic (exact) mass is 312 g/mol. The number of benzene rings is 1. The van der Waals surface area contributed by atoms with Crippen LogP contribution < -0.4 is 5.73 Å². The lowest BCUT2D eigenvalue weighted by Gasteiger charge is -2.34. The molecule has 22 heavy (non-hydrogen) atoms. The zero-order valence-corrected chi connectivity index (χ0v) is 13.1. The fourth-order valence-corrected chi connectivity index (χ4v) is 2.93. The quantitative estimate of drug-likeness (QED) is 0.863. The molecule has 0 spiro atoms. The average molecular weight is 312 g/mol. The Hall–Kier alpha value is -1.53. The molecule has 1 aliphatic heterocycles. The SMILES string of the molecule is COC(=O)[C@@H]1CN(C(C)(C)CN)C[C@H]1c1ccc(F)cc1F. The highest BCUT2D eigenvalue weighted by atomic mass is 19.1. The van der Waals surface area contributed by atoms with Gasteiger partial charge < -0.3 is 10.5 Å². The van der Waals surface area contributed by atoms with Crippen molar-refractivity contribution < 1.29 is 18.3 Å². The van der Waals surface area contributed by atoms with E-state index in [1.54, 1.807) is 0 Å². The highest BCUT2D eigenvalue weighted by Gasteiger charge is 2.44. The van der Waals surface area contributed by atoms with E-state index in [0.29, 0.717) is 25.2 Å². The van der Waals surface area contributed by atoms with E-state index in [2.05, 4.69) is 4.90 Å². The van der Waals surface area contributed by atoms with Crippen LogP contribution in [0.3, 0.4) is 0 Å². The summed E-state index contributed by atoms with van der Waals surface area (Å²) in [4.78, 5) is 14.1. The number of nitrogens with zero attached hydrogens (tertiary/aromatic N) is 1. The van der Waals surface area contributed by atoms with Gasteiger partial charge in [0.15, 0.2) is 0 Å². The van der Waals surface area contributed by atoms with Crippen molar-refractivity contribution in [3.8, 4) is 0 Å². The molecule has 2 N–H and O–H groups in total. The van der Waals surface area contributed by atoms with E-state index in [-0.39, 0.29) is 17.4 Å². The van der Waals surface area contributed by atoms with Gasteiger partial charge in [0.05, 0.1) is 13.0 Å². The first kappa shape index (κ1) is 16.8. The largest absolute Gasteiger partial charge is 0.469 e. The Balaban J connectivity index is 2.36. The van der Waals surface area contributed by atoms with Gasteiger partial charge in [-0.05, 0) is 25.5 Å². The Kier molecular flexibility index (Phi) is 4.82. The van der Waals surface area contributed by atoms with Crippen molar-refractivity contribution in [1.29, 1.82) is 0 Å². The highest BCUT2D eigenvalue weighted by molar-refractivity contribution is 5.74. The van der Waals surface area contributed by atoms with Gasteiger partial charge in [-0.2, -0.15) is 0 Å². The van der Waals surface area contributed by atoms with Gasteiger partial charge in [-0.25, -0.2) is 8.78 Å². The van der Waals surface area contributed by atoms with Crippen molar-refractivity contribution in [2.24, 2.45) is 11.7 Å². The van der Waals surface area contributed by atoms with Gasteiger partial charge in [0.2, 0.25) is 0 Å². The molecular formula is C16H22F2N2O2. The predicted molar refractivity (Wildman–Crippen MR) is 79.3 cm³/mol. The minimum Gasteiger partial charge on any atom is -0.469 e. The summed E-state index contributed by atoms with van der Waals surface area (Å²) in [5.74, 6) is -2.52. The van der Waals surface area contributed by atoms with E-state index in [1.807, 2.05) is 13.8 Å². The zero-order chi connectivity index (χ0) is 16.5. The maximum atomic E-state index is 14.1. The Morgan fingerprint density at radius 1 is 1.41 bits per heavy atom. The highest BCUT2D eigenvalue weighted by Crippen LogP contribution is 2.37.